The van der Waals surface area contributed by atoms with E-state index in [9.17, 15) is 4.79 Å². The largest absolute Gasteiger partial charge is 0.335 e. The maximum absolute atomic E-state index is 13.7. The number of aryl methyl sites for hydroxylation is 4. The maximum Gasteiger partial charge on any atom is 0.274 e. The topological polar surface area (TPSA) is 51.0 Å². The zero-order valence-electron chi connectivity index (χ0n) is 18.6. The second-order valence-corrected chi connectivity index (χ2v) is 10.7. The standard InChI is InChI=1S/C24H29IN4OS/c1-5-21-27-20(25)14-28(21)10-11-29(13-18-7-8-18)24(30)22-23(31-17(4)26-22)19-9-6-15(2)16(3)12-19/h6,9,12,14,18H,5,7-8,10-11,13H2,1-4H3. The van der Waals surface area contributed by atoms with Crippen LogP contribution in [0.3, 0.4) is 0 Å². The van der Waals surface area contributed by atoms with Gasteiger partial charge in [0.25, 0.3) is 5.91 Å². The lowest BCUT2D eigenvalue weighted by molar-refractivity contribution is 0.0736. The van der Waals surface area contributed by atoms with Gasteiger partial charge in [-0.1, -0.05) is 25.1 Å². The van der Waals surface area contributed by atoms with Crippen LogP contribution < -0.4 is 0 Å². The fourth-order valence-corrected chi connectivity index (χ4v) is 5.33. The molecule has 0 radical (unpaired) electrons. The van der Waals surface area contributed by atoms with Crippen molar-refractivity contribution in [1.29, 1.82) is 0 Å². The molecule has 3 aromatic rings. The van der Waals surface area contributed by atoms with E-state index in [0.29, 0.717) is 18.2 Å². The number of imidazole rings is 1. The lowest BCUT2D eigenvalue weighted by Gasteiger charge is -2.23. The van der Waals surface area contributed by atoms with Crippen molar-refractivity contribution >= 4 is 39.8 Å². The van der Waals surface area contributed by atoms with Crippen molar-refractivity contribution in [2.75, 3.05) is 13.1 Å². The van der Waals surface area contributed by atoms with Crippen LogP contribution in [-0.2, 0) is 13.0 Å². The molecule has 1 aliphatic rings. The number of aromatic nitrogens is 3. The van der Waals surface area contributed by atoms with Gasteiger partial charge in [0.1, 0.15) is 15.2 Å². The van der Waals surface area contributed by atoms with Crippen molar-refractivity contribution < 1.29 is 4.79 Å². The zero-order chi connectivity index (χ0) is 22.1. The quantitative estimate of drug-likeness (QED) is 0.342. The van der Waals surface area contributed by atoms with Crippen molar-refractivity contribution in [3.63, 3.8) is 0 Å². The first-order chi connectivity index (χ1) is 14.9. The molecule has 31 heavy (non-hydrogen) atoms. The first kappa shape index (κ1) is 22.5. The molecule has 1 fully saturated rings. The van der Waals surface area contributed by atoms with Crippen LogP contribution in [-0.4, -0.2) is 38.4 Å². The number of nitrogens with zero attached hydrogens (tertiary/aromatic N) is 4. The minimum atomic E-state index is 0.0531. The summed E-state index contributed by atoms with van der Waals surface area (Å²) in [5.74, 6) is 1.75. The van der Waals surface area contributed by atoms with Crippen LogP contribution in [0.4, 0.5) is 0 Å². The molecule has 164 valence electrons. The summed E-state index contributed by atoms with van der Waals surface area (Å²) in [4.78, 5) is 26.0. The Kier molecular flexibility index (Phi) is 6.81. The van der Waals surface area contributed by atoms with Crippen molar-refractivity contribution in [3.05, 3.63) is 55.7 Å². The fourth-order valence-electron chi connectivity index (χ4n) is 3.81. The molecule has 0 bridgehead atoms. The van der Waals surface area contributed by atoms with E-state index in [2.05, 4.69) is 82.3 Å². The normalized spacial score (nSPS) is 13.6. The Morgan fingerprint density at radius 1 is 1.23 bits per heavy atom. The predicted octanol–water partition coefficient (Wildman–Crippen LogP) is 5.65. The van der Waals surface area contributed by atoms with Gasteiger partial charge in [-0.25, -0.2) is 9.97 Å². The van der Waals surface area contributed by atoms with Gasteiger partial charge in [-0.15, -0.1) is 11.3 Å². The molecule has 0 saturated heterocycles. The molecule has 1 saturated carbocycles. The summed E-state index contributed by atoms with van der Waals surface area (Å²) in [6.07, 6.45) is 5.40. The monoisotopic (exact) mass is 548 g/mol. The minimum Gasteiger partial charge on any atom is -0.335 e. The summed E-state index contributed by atoms with van der Waals surface area (Å²) in [6.45, 7) is 10.6. The molecule has 0 atom stereocenters. The van der Waals surface area contributed by atoms with Gasteiger partial charge in [0.05, 0.1) is 9.88 Å². The molecule has 0 aliphatic heterocycles. The van der Waals surface area contributed by atoms with Crippen LogP contribution >= 0.6 is 33.9 Å². The van der Waals surface area contributed by atoms with Gasteiger partial charge in [0.2, 0.25) is 0 Å². The van der Waals surface area contributed by atoms with E-state index in [-0.39, 0.29) is 5.91 Å². The summed E-state index contributed by atoms with van der Waals surface area (Å²) in [7, 11) is 0. The van der Waals surface area contributed by atoms with Gasteiger partial charge in [0, 0.05) is 32.3 Å². The molecule has 7 heteroatoms. The summed E-state index contributed by atoms with van der Waals surface area (Å²) >= 11 is 3.87. The summed E-state index contributed by atoms with van der Waals surface area (Å²) < 4.78 is 3.19. The van der Waals surface area contributed by atoms with Gasteiger partial charge >= 0.3 is 0 Å². The van der Waals surface area contributed by atoms with Crippen molar-refractivity contribution in [2.45, 2.75) is 53.5 Å². The average Bonchev–Trinajstić information content (AvgIpc) is 3.37. The summed E-state index contributed by atoms with van der Waals surface area (Å²) in [5, 5.41) is 0.931. The third-order valence-electron chi connectivity index (χ3n) is 5.93. The smallest absolute Gasteiger partial charge is 0.274 e. The predicted molar refractivity (Wildman–Crippen MR) is 135 cm³/mol. The number of benzene rings is 1. The molecule has 4 rings (SSSR count). The number of halogens is 1. The molecule has 5 nitrogen and oxygen atoms in total. The fraction of sp³-hybridized carbons (Fsp3) is 0.458. The second kappa shape index (κ2) is 9.40. The van der Waals surface area contributed by atoms with Crippen LogP contribution in [0.25, 0.3) is 10.4 Å². The SMILES string of the molecule is CCc1nc(I)cn1CCN(CC1CC1)C(=O)c1nc(C)sc1-c1ccc(C)c(C)c1. The number of carbonyl (C=O) groups excluding carboxylic acids is 1. The van der Waals surface area contributed by atoms with Crippen LogP contribution in [0.15, 0.2) is 24.4 Å². The van der Waals surface area contributed by atoms with Gasteiger partial charge in [-0.2, -0.15) is 0 Å². The van der Waals surface area contributed by atoms with E-state index in [1.807, 2.05) is 11.8 Å². The first-order valence-corrected chi connectivity index (χ1v) is 12.8. The maximum atomic E-state index is 13.7. The van der Waals surface area contributed by atoms with E-state index >= 15 is 0 Å². The molecule has 2 aromatic heterocycles. The Morgan fingerprint density at radius 2 is 2.00 bits per heavy atom. The molecule has 0 spiro atoms. The number of hydrogen-bond donors (Lipinski definition) is 0. The van der Waals surface area contributed by atoms with E-state index in [1.54, 1.807) is 11.3 Å². The van der Waals surface area contributed by atoms with Crippen molar-refractivity contribution in [3.8, 4) is 10.4 Å². The van der Waals surface area contributed by atoms with E-state index in [1.165, 1.54) is 24.0 Å². The molecule has 1 aliphatic carbocycles. The van der Waals surface area contributed by atoms with Crippen LogP contribution in [0, 0.1) is 30.4 Å². The Bertz CT molecular complexity index is 1100. The molecule has 1 aromatic carbocycles. The highest BCUT2D eigenvalue weighted by molar-refractivity contribution is 14.1. The minimum absolute atomic E-state index is 0.0531. The Hall–Kier alpha value is -1.74. The lowest BCUT2D eigenvalue weighted by atomic mass is 10.0. The Morgan fingerprint density at radius 3 is 2.68 bits per heavy atom. The third kappa shape index (κ3) is 5.19. The van der Waals surface area contributed by atoms with Gasteiger partial charge in [-0.05, 0) is 78.8 Å². The van der Waals surface area contributed by atoms with Crippen molar-refractivity contribution in [1.82, 2.24) is 19.4 Å². The highest BCUT2D eigenvalue weighted by Crippen LogP contribution is 2.34. The second-order valence-electron chi connectivity index (χ2n) is 8.43. The highest BCUT2D eigenvalue weighted by Gasteiger charge is 2.30. The van der Waals surface area contributed by atoms with Crippen LogP contribution in [0.5, 0.6) is 0 Å². The van der Waals surface area contributed by atoms with Crippen LogP contribution in [0.1, 0.15) is 52.2 Å². The number of amides is 1. The van der Waals surface area contributed by atoms with Crippen LogP contribution in [0.2, 0.25) is 0 Å². The molecular formula is C24H29IN4OS. The van der Waals surface area contributed by atoms with Gasteiger partial charge < -0.3 is 9.47 Å². The van der Waals surface area contributed by atoms with E-state index in [0.717, 1.165) is 44.5 Å². The lowest BCUT2D eigenvalue weighted by Crippen LogP contribution is -2.36. The molecule has 0 unspecified atom stereocenters. The summed E-state index contributed by atoms with van der Waals surface area (Å²) in [6, 6.07) is 6.41. The number of carbonyl (C=O) groups is 1. The number of thiazole rings is 1. The Balaban J connectivity index is 1.60. The number of rotatable bonds is 8. The van der Waals surface area contributed by atoms with Crippen molar-refractivity contribution in [2.24, 2.45) is 5.92 Å². The Labute approximate surface area is 202 Å². The highest BCUT2D eigenvalue weighted by atomic mass is 127. The van der Waals surface area contributed by atoms with E-state index < -0.39 is 0 Å². The third-order valence-corrected chi connectivity index (χ3v) is 7.46. The first-order valence-electron chi connectivity index (χ1n) is 10.9. The van der Waals surface area contributed by atoms with Gasteiger partial charge in [0.15, 0.2) is 0 Å². The molecule has 0 N–H and O–H groups in total. The zero-order valence-corrected chi connectivity index (χ0v) is 21.6. The van der Waals surface area contributed by atoms with Gasteiger partial charge in [-0.3, -0.25) is 4.79 Å². The molecule has 2 heterocycles. The van der Waals surface area contributed by atoms with E-state index in [4.69, 9.17) is 0 Å². The molecular weight excluding hydrogens is 519 g/mol. The average molecular weight is 548 g/mol. The molecule has 1 amide bonds. The number of hydrogen-bond acceptors (Lipinski definition) is 4. The summed E-state index contributed by atoms with van der Waals surface area (Å²) in [5.41, 5.74) is 4.18.